The van der Waals surface area contributed by atoms with Crippen molar-refractivity contribution in [3.05, 3.63) is 68.1 Å². The van der Waals surface area contributed by atoms with Crippen LogP contribution in [0.2, 0.25) is 5.02 Å². The maximum absolute atomic E-state index is 6.20. The van der Waals surface area contributed by atoms with Gasteiger partial charge < -0.3 is 5.32 Å². The smallest absolute Gasteiger partial charge is 0.0591 e. The summed E-state index contributed by atoms with van der Waals surface area (Å²) in [5.41, 5.74) is 5.14. The van der Waals surface area contributed by atoms with E-state index < -0.39 is 0 Å². The summed E-state index contributed by atoms with van der Waals surface area (Å²) >= 11 is 9.87. The molecule has 0 spiro atoms. The summed E-state index contributed by atoms with van der Waals surface area (Å²) in [6, 6.07) is 12.6. The Hall–Kier alpha value is -0.830. The highest BCUT2D eigenvalue weighted by Crippen LogP contribution is 2.33. The predicted octanol–water partition coefficient (Wildman–Crippen LogP) is 5.81. The summed E-state index contributed by atoms with van der Waals surface area (Å²) in [6.07, 6.45) is 1.10. The van der Waals surface area contributed by atoms with Gasteiger partial charge in [-0.3, -0.25) is 0 Å². The molecule has 1 nitrogen and oxygen atoms in total. The van der Waals surface area contributed by atoms with Crippen LogP contribution in [0.5, 0.6) is 0 Å². The molecule has 0 bridgehead atoms. The molecule has 112 valence electrons. The van der Waals surface area contributed by atoms with E-state index in [-0.39, 0.29) is 6.04 Å². The molecule has 0 aromatic heterocycles. The van der Waals surface area contributed by atoms with Crippen molar-refractivity contribution in [1.82, 2.24) is 5.32 Å². The van der Waals surface area contributed by atoms with Crippen molar-refractivity contribution in [3.63, 3.8) is 0 Å². The second-order valence-corrected chi connectivity index (χ2v) is 6.63. The van der Waals surface area contributed by atoms with E-state index in [0.717, 1.165) is 22.5 Å². The second kappa shape index (κ2) is 7.44. The van der Waals surface area contributed by atoms with Crippen molar-refractivity contribution in [3.8, 4) is 0 Å². The van der Waals surface area contributed by atoms with Gasteiger partial charge in [0.15, 0.2) is 0 Å². The lowest BCUT2D eigenvalue weighted by atomic mass is 9.92. The van der Waals surface area contributed by atoms with Gasteiger partial charge in [-0.05, 0) is 67.3 Å². The summed E-state index contributed by atoms with van der Waals surface area (Å²) in [7, 11) is 0. The molecule has 0 saturated carbocycles. The number of halogens is 2. The molecule has 0 saturated heterocycles. The third-order valence-corrected chi connectivity index (χ3v) is 4.78. The molecule has 1 atom stereocenters. The molecule has 1 unspecified atom stereocenters. The summed E-state index contributed by atoms with van der Waals surface area (Å²) in [5.74, 6) is 0. The van der Waals surface area contributed by atoms with Crippen LogP contribution < -0.4 is 5.32 Å². The van der Waals surface area contributed by atoms with Gasteiger partial charge in [-0.2, -0.15) is 0 Å². The second-order valence-electron chi connectivity index (χ2n) is 5.34. The van der Waals surface area contributed by atoms with Crippen LogP contribution in [0.3, 0.4) is 0 Å². The van der Waals surface area contributed by atoms with E-state index in [4.69, 9.17) is 11.6 Å². The molecular weight excluding hydrogens is 346 g/mol. The first-order valence-electron chi connectivity index (χ1n) is 7.29. The van der Waals surface area contributed by atoms with Crippen molar-refractivity contribution < 1.29 is 0 Å². The Labute approximate surface area is 140 Å². The zero-order chi connectivity index (χ0) is 15.4. The van der Waals surface area contributed by atoms with Crippen molar-refractivity contribution in [1.29, 1.82) is 0 Å². The minimum atomic E-state index is 0.151. The Bertz CT molecular complexity index is 623. The zero-order valence-corrected chi connectivity index (χ0v) is 15.1. The van der Waals surface area contributed by atoms with Crippen molar-refractivity contribution in [2.24, 2.45) is 0 Å². The van der Waals surface area contributed by atoms with Gasteiger partial charge in [-0.15, -0.1) is 0 Å². The summed E-state index contributed by atoms with van der Waals surface area (Å²) < 4.78 is 1.08. The van der Waals surface area contributed by atoms with Crippen molar-refractivity contribution in [2.75, 3.05) is 6.54 Å². The summed E-state index contributed by atoms with van der Waals surface area (Å²) in [6.45, 7) is 7.49. The van der Waals surface area contributed by atoms with E-state index in [0.29, 0.717) is 0 Å². The monoisotopic (exact) mass is 365 g/mol. The van der Waals surface area contributed by atoms with Crippen LogP contribution in [0.15, 0.2) is 40.9 Å². The van der Waals surface area contributed by atoms with Crippen LogP contribution in [0.1, 0.15) is 41.6 Å². The molecule has 0 aliphatic carbocycles. The topological polar surface area (TPSA) is 12.0 Å². The lowest BCUT2D eigenvalue weighted by Gasteiger charge is -2.23. The molecule has 2 rings (SSSR count). The number of hydrogen-bond donors (Lipinski definition) is 1. The molecule has 0 heterocycles. The van der Waals surface area contributed by atoms with E-state index in [1.165, 1.54) is 22.3 Å². The number of nitrogens with one attached hydrogen (secondary N) is 1. The number of aryl methyl sites for hydroxylation is 1. The van der Waals surface area contributed by atoms with Gasteiger partial charge >= 0.3 is 0 Å². The first-order chi connectivity index (χ1) is 10.0. The molecular formula is C18H21BrClN. The van der Waals surface area contributed by atoms with Crippen molar-refractivity contribution in [2.45, 2.75) is 33.2 Å². The number of rotatable bonds is 5. The Morgan fingerprint density at radius 1 is 1.14 bits per heavy atom. The standard InChI is InChI=1S/C18H21BrClN/c1-4-10-21-18(15-7-5-6-12(2)13(15)3)16-11-14(20)8-9-17(16)19/h5-9,11,18,21H,4,10H2,1-3H3. The molecule has 0 fully saturated rings. The van der Waals surface area contributed by atoms with Gasteiger partial charge in [0.2, 0.25) is 0 Å². The molecule has 3 heteroatoms. The lowest BCUT2D eigenvalue weighted by Crippen LogP contribution is -2.24. The zero-order valence-electron chi connectivity index (χ0n) is 12.7. The Morgan fingerprint density at radius 3 is 2.62 bits per heavy atom. The summed E-state index contributed by atoms with van der Waals surface area (Å²) in [5, 5.41) is 4.42. The molecule has 2 aromatic carbocycles. The number of hydrogen-bond acceptors (Lipinski definition) is 1. The SMILES string of the molecule is CCCNC(c1cc(Cl)ccc1Br)c1cccc(C)c1C. The Morgan fingerprint density at radius 2 is 1.90 bits per heavy atom. The molecule has 0 aliphatic heterocycles. The van der Waals surface area contributed by atoms with Gasteiger partial charge in [0.1, 0.15) is 0 Å². The minimum Gasteiger partial charge on any atom is -0.306 e. The van der Waals surface area contributed by atoms with Crippen LogP contribution in [0.4, 0.5) is 0 Å². The van der Waals surface area contributed by atoms with Crippen molar-refractivity contribution >= 4 is 27.5 Å². The van der Waals surface area contributed by atoms with Crippen LogP contribution in [0, 0.1) is 13.8 Å². The highest BCUT2D eigenvalue weighted by molar-refractivity contribution is 9.10. The Kier molecular flexibility index (Phi) is 5.86. The minimum absolute atomic E-state index is 0.151. The lowest BCUT2D eigenvalue weighted by molar-refractivity contribution is 0.594. The van der Waals surface area contributed by atoms with E-state index in [2.05, 4.69) is 60.2 Å². The van der Waals surface area contributed by atoms with E-state index in [1.807, 2.05) is 18.2 Å². The quantitative estimate of drug-likeness (QED) is 0.704. The molecule has 1 N–H and O–H groups in total. The largest absolute Gasteiger partial charge is 0.306 e. The third kappa shape index (κ3) is 3.88. The summed E-state index contributed by atoms with van der Waals surface area (Å²) in [4.78, 5) is 0. The average Bonchev–Trinajstić information content (AvgIpc) is 2.47. The first kappa shape index (κ1) is 16.5. The van der Waals surface area contributed by atoms with E-state index >= 15 is 0 Å². The van der Waals surface area contributed by atoms with Gasteiger partial charge in [0.25, 0.3) is 0 Å². The maximum Gasteiger partial charge on any atom is 0.0591 e. The molecule has 0 aliphatic rings. The van der Waals surface area contributed by atoms with E-state index in [9.17, 15) is 0 Å². The average molecular weight is 367 g/mol. The van der Waals surface area contributed by atoms with Gasteiger partial charge in [0.05, 0.1) is 6.04 Å². The van der Waals surface area contributed by atoms with Gasteiger partial charge in [-0.25, -0.2) is 0 Å². The van der Waals surface area contributed by atoms with Gasteiger partial charge in [0, 0.05) is 9.50 Å². The fourth-order valence-corrected chi connectivity index (χ4v) is 3.15. The Balaban J connectivity index is 2.52. The van der Waals surface area contributed by atoms with Crippen LogP contribution in [-0.2, 0) is 0 Å². The molecule has 2 aromatic rings. The fraction of sp³-hybridized carbons (Fsp3) is 0.333. The highest BCUT2D eigenvalue weighted by atomic mass is 79.9. The highest BCUT2D eigenvalue weighted by Gasteiger charge is 2.19. The normalized spacial score (nSPS) is 12.4. The molecule has 21 heavy (non-hydrogen) atoms. The first-order valence-corrected chi connectivity index (χ1v) is 8.46. The van der Waals surface area contributed by atoms with E-state index in [1.54, 1.807) is 0 Å². The third-order valence-electron chi connectivity index (χ3n) is 3.83. The maximum atomic E-state index is 6.20. The van der Waals surface area contributed by atoms with Gasteiger partial charge in [-0.1, -0.05) is 52.7 Å². The van der Waals surface area contributed by atoms with Crippen LogP contribution >= 0.6 is 27.5 Å². The fourth-order valence-electron chi connectivity index (χ4n) is 2.50. The van der Waals surface area contributed by atoms with Crippen LogP contribution in [-0.4, -0.2) is 6.54 Å². The number of benzene rings is 2. The predicted molar refractivity (Wildman–Crippen MR) is 95.2 cm³/mol. The molecule has 0 radical (unpaired) electrons. The van der Waals surface area contributed by atoms with Crippen LogP contribution in [0.25, 0.3) is 0 Å². The molecule has 0 amide bonds.